The number of aromatic nitrogens is 4. The number of nitrogens with zero attached hydrogens (tertiary/aromatic N) is 3. The highest BCUT2D eigenvalue weighted by atomic mass is 19.1. The average Bonchev–Trinajstić information content (AvgIpc) is 3.26. The fraction of sp³-hybridized carbons (Fsp3) is 0.462. The van der Waals surface area contributed by atoms with Crippen molar-refractivity contribution in [2.45, 2.75) is 74.3 Å². The van der Waals surface area contributed by atoms with Crippen LogP contribution in [0.25, 0.3) is 16.8 Å². The first-order chi connectivity index (χ1) is 15.2. The summed E-state index contributed by atoms with van der Waals surface area (Å²) in [7, 11) is 0. The molecule has 0 spiro atoms. The summed E-state index contributed by atoms with van der Waals surface area (Å²) < 4.78 is 28.3. The van der Waals surface area contributed by atoms with Crippen LogP contribution in [-0.4, -0.2) is 20.0 Å². The Balaban J connectivity index is 0.000000227. The van der Waals surface area contributed by atoms with Crippen molar-refractivity contribution >= 4 is 5.57 Å². The van der Waals surface area contributed by atoms with Crippen molar-refractivity contribution in [2.75, 3.05) is 0 Å². The first-order valence-electron chi connectivity index (χ1n) is 11.3. The van der Waals surface area contributed by atoms with Gasteiger partial charge in [0.05, 0.1) is 18.1 Å². The summed E-state index contributed by atoms with van der Waals surface area (Å²) in [6, 6.07) is 2.60. The van der Waals surface area contributed by atoms with Crippen molar-refractivity contribution in [3.8, 4) is 11.3 Å². The van der Waals surface area contributed by atoms with Crippen LogP contribution in [0, 0.1) is 37.8 Å². The Bertz CT molecular complexity index is 1030. The summed E-state index contributed by atoms with van der Waals surface area (Å²) in [4.78, 5) is 0. The summed E-state index contributed by atoms with van der Waals surface area (Å²) in [6.45, 7) is 18.3. The summed E-state index contributed by atoms with van der Waals surface area (Å²) in [5.74, 6) is -1.08. The van der Waals surface area contributed by atoms with Crippen molar-refractivity contribution in [2.24, 2.45) is 5.41 Å². The molecule has 1 aromatic carbocycles. The Morgan fingerprint density at radius 3 is 2.16 bits per heavy atom. The maximum atomic E-state index is 13.1. The molecule has 32 heavy (non-hydrogen) atoms. The van der Waals surface area contributed by atoms with E-state index in [4.69, 9.17) is 0 Å². The van der Waals surface area contributed by atoms with E-state index in [0.717, 1.165) is 12.2 Å². The molecule has 0 radical (unpaired) electrons. The molecule has 0 amide bonds. The molecule has 0 unspecified atom stereocenters. The van der Waals surface area contributed by atoms with Crippen molar-refractivity contribution in [3.63, 3.8) is 0 Å². The third kappa shape index (κ3) is 5.72. The van der Waals surface area contributed by atoms with E-state index in [9.17, 15) is 8.78 Å². The van der Waals surface area contributed by atoms with Crippen LogP contribution in [0.5, 0.6) is 0 Å². The molecular weight excluding hydrogens is 406 g/mol. The summed E-state index contributed by atoms with van der Waals surface area (Å²) in [5, 5.41) is 11.7. The molecule has 1 N–H and O–H groups in total. The van der Waals surface area contributed by atoms with Gasteiger partial charge in [-0.15, -0.1) is 0 Å². The number of benzene rings is 1. The molecule has 2 heterocycles. The molecule has 1 aliphatic carbocycles. The van der Waals surface area contributed by atoms with Gasteiger partial charge >= 0.3 is 0 Å². The molecule has 0 saturated heterocycles. The van der Waals surface area contributed by atoms with Gasteiger partial charge in [-0.05, 0) is 81.2 Å². The van der Waals surface area contributed by atoms with Gasteiger partial charge in [0.15, 0.2) is 0 Å². The normalized spacial score (nSPS) is 13.5. The third-order valence-corrected chi connectivity index (χ3v) is 6.01. The molecule has 1 aliphatic rings. The molecule has 1 fully saturated rings. The maximum Gasteiger partial charge on any atom is 0.133 e. The van der Waals surface area contributed by atoms with E-state index in [-0.39, 0.29) is 5.56 Å². The van der Waals surface area contributed by atoms with E-state index in [1.54, 1.807) is 13.8 Å². The van der Waals surface area contributed by atoms with E-state index in [1.165, 1.54) is 48.2 Å². The molecule has 174 valence electrons. The van der Waals surface area contributed by atoms with E-state index >= 15 is 0 Å². The van der Waals surface area contributed by atoms with Crippen LogP contribution < -0.4 is 0 Å². The summed E-state index contributed by atoms with van der Waals surface area (Å²) in [5.41, 5.74) is 6.19. The maximum absolute atomic E-state index is 13.1. The zero-order chi connectivity index (χ0) is 24.1. The molecule has 0 atom stereocenters. The number of aromatic amines is 1. The Hall–Kier alpha value is -2.76. The second-order valence-electron chi connectivity index (χ2n) is 8.47. The number of allylic oxidation sites excluding steroid dienone is 1. The molecule has 2 aromatic heterocycles. The fourth-order valence-corrected chi connectivity index (χ4v) is 3.70. The molecule has 1 saturated carbocycles. The van der Waals surface area contributed by atoms with Gasteiger partial charge in [-0.25, -0.2) is 8.78 Å². The number of rotatable bonds is 5. The van der Waals surface area contributed by atoms with Gasteiger partial charge in [0, 0.05) is 23.4 Å². The summed E-state index contributed by atoms with van der Waals surface area (Å²) >= 11 is 0. The minimum atomic E-state index is -0.542. The monoisotopic (exact) mass is 442 g/mol. The highest BCUT2D eigenvalue weighted by Crippen LogP contribution is 2.50. The van der Waals surface area contributed by atoms with Gasteiger partial charge in [0.1, 0.15) is 11.6 Å². The number of hydrogen-bond donors (Lipinski definition) is 1. The SMILES string of the molecule is C=C(C)c1c(F)cc(C)cc1F.CC.CCC1(Cn2ncc(-c3[nH]ncc3C)c2C)CC1. The minimum Gasteiger partial charge on any atom is -0.277 e. The Kier molecular flexibility index (Phi) is 8.53. The summed E-state index contributed by atoms with van der Waals surface area (Å²) in [6.07, 6.45) is 7.77. The molecule has 0 bridgehead atoms. The topological polar surface area (TPSA) is 46.5 Å². The fourth-order valence-electron chi connectivity index (χ4n) is 3.70. The van der Waals surface area contributed by atoms with Crippen LogP contribution in [0.3, 0.4) is 0 Å². The number of nitrogens with one attached hydrogen (secondary N) is 1. The second kappa shape index (κ2) is 10.7. The lowest BCUT2D eigenvalue weighted by Crippen LogP contribution is -2.13. The van der Waals surface area contributed by atoms with Crippen LogP contribution in [0.4, 0.5) is 8.78 Å². The van der Waals surface area contributed by atoms with Gasteiger partial charge in [0.25, 0.3) is 0 Å². The predicted octanol–water partition coefficient (Wildman–Crippen LogP) is 7.41. The van der Waals surface area contributed by atoms with Crippen molar-refractivity contribution in [1.82, 2.24) is 20.0 Å². The molecule has 0 aliphatic heterocycles. The van der Waals surface area contributed by atoms with Gasteiger partial charge in [-0.3, -0.25) is 9.78 Å². The van der Waals surface area contributed by atoms with Crippen molar-refractivity contribution in [1.29, 1.82) is 0 Å². The number of aryl methyl sites for hydroxylation is 2. The van der Waals surface area contributed by atoms with E-state index in [0.29, 0.717) is 16.6 Å². The van der Waals surface area contributed by atoms with Crippen LogP contribution in [0.1, 0.15) is 69.3 Å². The lowest BCUT2D eigenvalue weighted by Gasteiger charge is -2.13. The Labute approximate surface area is 190 Å². The van der Waals surface area contributed by atoms with Gasteiger partial charge < -0.3 is 0 Å². The number of H-pyrrole nitrogens is 1. The minimum absolute atomic E-state index is 0.0133. The van der Waals surface area contributed by atoms with Crippen LogP contribution in [0.2, 0.25) is 0 Å². The zero-order valence-corrected chi connectivity index (χ0v) is 20.4. The van der Waals surface area contributed by atoms with Gasteiger partial charge in [-0.1, -0.05) is 27.4 Å². The number of halogens is 2. The number of hydrogen-bond acceptors (Lipinski definition) is 2. The highest BCUT2D eigenvalue weighted by Gasteiger charge is 2.41. The molecule has 4 nitrogen and oxygen atoms in total. The smallest absolute Gasteiger partial charge is 0.133 e. The predicted molar refractivity (Wildman–Crippen MR) is 128 cm³/mol. The largest absolute Gasteiger partial charge is 0.277 e. The lowest BCUT2D eigenvalue weighted by atomic mass is 10.0. The van der Waals surface area contributed by atoms with Crippen molar-refractivity contribution in [3.05, 3.63) is 65.1 Å². The first-order valence-corrected chi connectivity index (χ1v) is 11.3. The Morgan fingerprint density at radius 1 is 1.12 bits per heavy atom. The Morgan fingerprint density at radius 2 is 1.72 bits per heavy atom. The average molecular weight is 443 g/mol. The standard InChI is InChI=1S/C14H20N4.C10H10F2.C2H6/c1-4-14(5-6-14)9-18-11(3)12(8-16-18)13-10(2)7-15-17-13;1-6(2)10-8(11)4-7(3)5-9(10)12;1-2/h7-8H,4-6,9H2,1-3H3,(H,15,17);4-5H,1H2,2-3H3;1-2H3. The third-order valence-electron chi connectivity index (χ3n) is 6.01. The second-order valence-corrected chi connectivity index (χ2v) is 8.47. The van der Waals surface area contributed by atoms with Gasteiger partial charge in [0.2, 0.25) is 0 Å². The zero-order valence-electron chi connectivity index (χ0n) is 20.4. The van der Waals surface area contributed by atoms with E-state index in [2.05, 4.69) is 47.3 Å². The van der Waals surface area contributed by atoms with Crippen LogP contribution >= 0.6 is 0 Å². The molecule has 3 aromatic rings. The van der Waals surface area contributed by atoms with Crippen LogP contribution in [0.15, 0.2) is 31.1 Å². The molecule has 6 heteroatoms. The lowest BCUT2D eigenvalue weighted by molar-refractivity contribution is 0.380. The van der Waals surface area contributed by atoms with Crippen LogP contribution in [-0.2, 0) is 6.54 Å². The van der Waals surface area contributed by atoms with E-state index in [1.807, 2.05) is 26.2 Å². The highest BCUT2D eigenvalue weighted by molar-refractivity contribution is 5.64. The first kappa shape index (κ1) is 25.5. The molecule has 4 rings (SSSR count). The van der Waals surface area contributed by atoms with Crippen molar-refractivity contribution < 1.29 is 8.78 Å². The van der Waals surface area contributed by atoms with Gasteiger partial charge in [-0.2, -0.15) is 10.2 Å². The quantitative estimate of drug-likeness (QED) is 0.447. The van der Waals surface area contributed by atoms with E-state index < -0.39 is 11.6 Å². The molecular formula is C26H36F2N4.